The van der Waals surface area contributed by atoms with Gasteiger partial charge >= 0.3 is 0 Å². The molecule has 0 fully saturated rings. The van der Waals surface area contributed by atoms with Crippen LogP contribution in [0, 0.1) is 18.3 Å². The van der Waals surface area contributed by atoms with E-state index in [0.29, 0.717) is 12.5 Å². The van der Waals surface area contributed by atoms with E-state index in [0.717, 1.165) is 25.8 Å². The fourth-order valence-corrected chi connectivity index (χ4v) is 1.31. The van der Waals surface area contributed by atoms with Gasteiger partial charge in [0.15, 0.2) is 0 Å². The number of carbonyl (C=O) groups is 1. The summed E-state index contributed by atoms with van der Waals surface area (Å²) in [6.07, 6.45) is 8.29. The zero-order chi connectivity index (χ0) is 12.4. The van der Waals surface area contributed by atoms with Crippen molar-refractivity contribution in [3.8, 4) is 12.3 Å². The summed E-state index contributed by atoms with van der Waals surface area (Å²) in [5.41, 5.74) is 0. The standard InChI is InChI=1S/C13H24N2O/c1-5-7-12(6-2)15-10-13(16)14-9-8-11(3)4/h2,11-12,15H,5,7-10H2,1,3-4H3,(H,14,16). The van der Waals surface area contributed by atoms with Crippen LogP contribution in [0.25, 0.3) is 0 Å². The summed E-state index contributed by atoms with van der Waals surface area (Å²) >= 11 is 0. The van der Waals surface area contributed by atoms with Gasteiger partial charge in [-0.05, 0) is 18.8 Å². The maximum absolute atomic E-state index is 11.4. The summed E-state index contributed by atoms with van der Waals surface area (Å²) in [6, 6.07) is 0.0147. The molecule has 0 saturated carbocycles. The van der Waals surface area contributed by atoms with Gasteiger partial charge in [-0.15, -0.1) is 6.42 Å². The van der Waals surface area contributed by atoms with Gasteiger partial charge in [-0.1, -0.05) is 33.1 Å². The largest absolute Gasteiger partial charge is 0.355 e. The van der Waals surface area contributed by atoms with Gasteiger partial charge in [-0.3, -0.25) is 10.1 Å². The molecule has 1 amide bonds. The predicted molar refractivity (Wildman–Crippen MR) is 68.0 cm³/mol. The molecule has 0 rings (SSSR count). The SMILES string of the molecule is C#CC(CCC)NCC(=O)NCCC(C)C. The van der Waals surface area contributed by atoms with Crippen LogP contribution in [0.2, 0.25) is 0 Å². The van der Waals surface area contributed by atoms with Gasteiger partial charge in [0.1, 0.15) is 0 Å². The van der Waals surface area contributed by atoms with Crippen molar-refractivity contribution in [2.75, 3.05) is 13.1 Å². The van der Waals surface area contributed by atoms with E-state index in [1.165, 1.54) is 0 Å². The number of carbonyl (C=O) groups excluding carboxylic acids is 1. The van der Waals surface area contributed by atoms with E-state index in [2.05, 4.69) is 37.3 Å². The molecule has 1 atom stereocenters. The van der Waals surface area contributed by atoms with Gasteiger partial charge in [0.25, 0.3) is 0 Å². The molecule has 3 nitrogen and oxygen atoms in total. The Hall–Kier alpha value is -1.01. The summed E-state index contributed by atoms with van der Waals surface area (Å²) in [5, 5.41) is 5.93. The van der Waals surface area contributed by atoms with Crippen molar-refractivity contribution in [2.45, 2.75) is 46.1 Å². The van der Waals surface area contributed by atoms with Crippen molar-refractivity contribution in [3.63, 3.8) is 0 Å². The highest BCUT2D eigenvalue weighted by molar-refractivity contribution is 5.78. The van der Waals surface area contributed by atoms with Crippen LogP contribution in [0.5, 0.6) is 0 Å². The Labute approximate surface area is 99.4 Å². The van der Waals surface area contributed by atoms with Crippen molar-refractivity contribution in [2.24, 2.45) is 5.92 Å². The minimum absolute atomic E-state index is 0.0147. The first kappa shape index (κ1) is 15.0. The molecule has 1 unspecified atom stereocenters. The van der Waals surface area contributed by atoms with Crippen molar-refractivity contribution in [3.05, 3.63) is 0 Å². The van der Waals surface area contributed by atoms with Gasteiger partial charge in [0, 0.05) is 6.54 Å². The van der Waals surface area contributed by atoms with Crippen molar-refractivity contribution >= 4 is 5.91 Å². The molecule has 0 aromatic heterocycles. The molecule has 16 heavy (non-hydrogen) atoms. The highest BCUT2D eigenvalue weighted by atomic mass is 16.1. The van der Waals surface area contributed by atoms with Crippen LogP contribution in [0.3, 0.4) is 0 Å². The van der Waals surface area contributed by atoms with Crippen LogP contribution in [-0.4, -0.2) is 25.0 Å². The topological polar surface area (TPSA) is 41.1 Å². The Balaban J connectivity index is 3.60. The van der Waals surface area contributed by atoms with E-state index < -0.39 is 0 Å². The molecule has 0 heterocycles. The minimum atomic E-state index is 0.0147. The molecule has 0 saturated heterocycles. The van der Waals surface area contributed by atoms with Gasteiger partial charge in [-0.2, -0.15) is 0 Å². The first-order valence-electron chi connectivity index (χ1n) is 6.06. The lowest BCUT2D eigenvalue weighted by atomic mass is 10.1. The van der Waals surface area contributed by atoms with Crippen LogP contribution >= 0.6 is 0 Å². The molecule has 2 N–H and O–H groups in total. The van der Waals surface area contributed by atoms with Crippen LogP contribution in [0.15, 0.2) is 0 Å². The van der Waals surface area contributed by atoms with Crippen LogP contribution < -0.4 is 10.6 Å². The third kappa shape index (κ3) is 8.31. The maximum Gasteiger partial charge on any atom is 0.233 e. The number of hydrogen-bond donors (Lipinski definition) is 2. The lowest BCUT2D eigenvalue weighted by Gasteiger charge is -2.12. The normalized spacial score (nSPS) is 12.2. The van der Waals surface area contributed by atoms with Gasteiger partial charge in [0.05, 0.1) is 12.6 Å². The lowest BCUT2D eigenvalue weighted by molar-refractivity contribution is -0.120. The smallest absolute Gasteiger partial charge is 0.233 e. The Morgan fingerprint density at radius 1 is 1.38 bits per heavy atom. The molecule has 0 aliphatic rings. The quantitative estimate of drug-likeness (QED) is 0.614. The van der Waals surface area contributed by atoms with Gasteiger partial charge in [-0.25, -0.2) is 0 Å². The van der Waals surface area contributed by atoms with Crippen molar-refractivity contribution < 1.29 is 4.79 Å². The Kier molecular flexibility index (Phi) is 8.65. The third-order valence-electron chi connectivity index (χ3n) is 2.33. The van der Waals surface area contributed by atoms with Gasteiger partial charge < -0.3 is 5.32 Å². The van der Waals surface area contributed by atoms with E-state index in [4.69, 9.17) is 6.42 Å². The van der Waals surface area contributed by atoms with Crippen LogP contribution in [0.4, 0.5) is 0 Å². The minimum Gasteiger partial charge on any atom is -0.355 e. The molecule has 92 valence electrons. The number of amides is 1. The Morgan fingerprint density at radius 2 is 2.06 bits per heavy atom. The molecule has 0 aliphatic heterocycles. The summed E-state index contributed by atoms with van der Waals surface area (Å²) in [5.74, 6) is 3.28. The van der Waals surface area contributed by atoms with Gasteiger partial charge in [0.2, 0.25) is 5.91 Å². The maximum atomic E-state index is 11.4. The molecule has 0 aromatic carbocycles. The van der Waals surface area contributed by atoms with E-state index in [-0.39, 0.29) is 11.9 Å². The average molecular weight is 224 g/mol. The summed E-state index contributed by atoms with van der Waals surface area (Å²) in [7, 11) is 0. The zero-order valence-electron chi connectivity index (χ0n) is 10.7. The molecule has 0 spiro atoms. The number of nitrogens with one attached hydrogen (secondary N) is 2. The molecule has 3 heteroatoms. The van der Waals surface area contributed by atoms with E-state index in [1.807, 2.05) is 0 Å². The highest BCUT2D eigenvalue weighted by Crippen LogP contribution is 1.96. The summed E-state index contributed by atoms with van der Waals surface area (Å²) in [6.45, 7) is 7.41. The molecule has 0 aromatic rings. The molecular formula is C13H24N2O. The fourth-order valence-electron chi connectivity index (χ4n) is 1.31. The second-order valence-corrected chi connectivity index (χ2v) is 4.42. The summed E-state index contributed by atoms with van der Waals surface area (Å²) in [4.78, 5) is 11.4. The summed E-state index contributed by atoms with van der Waals surface area (Å²) < 4.78 is 0. The van der Waals surface area contributed by atoms with Crippen LogP contribution in [-0.2, 0) is 4.79 Å². The van der Waals surface area contributed by atoms with Crippen molar-refractivity contribution in [1.29, 1.82) is 0 Å². The second-order valence-electron chi connectivity index (χ2n) is 4.42. The Morgan fingerprint density at radius 3 is 2.56 bits per heavy atom. The first-order valence-corrected chi connectivity index (χ1v) is 6.06. The average Bonchev–Trinajstić information content (AvgIpc) is 2.23. The molecule has 0 radical (unpaired) electrons. The third-order valence-corrected chi connectivity index (χ3v) is 2.33. The molecular weight excluding hydrogens is 200 g/mol. The fraction of sp³-hybridized carbons (Fsp3) is 0.769. The van der Waals surface area contributed by atoms with E-state index in [9.17, 15) is 4.79 Å². The molecule has 0 aliphatic carbocycles. The lowest BCUT2D eigenvalue weighted by Crippen LogP contribution is -2.39. The van der Waals surface area contributed by atoms with Crippen molar-refractivity contribution in [1.82, 2.24) is 10.6 Å². The number of terminal acetylenes is 1. The first-order chi connectivity index (χ1) is 7.60. The second kappa shape index (κ2) is 9.23. The number of rotatable bonds is 8. The monoisotopic (exact) mass is 224 g/mol. The number of hydrogen-bond acceptors (Lipinski definition) is 2. The predicted octanol–water partition coefficient (Wildman–Crippen LogP) is 1.54. The Bertz CT molecular complexity index is 231. The highest BCUT2D eigenvalue weighted by Gasteiger charge is 2.06. The molecule has 0 bridgehead atoms. The zero-order valence-corrected chi connectivity index (χ0v) is 10.7. The van der Waals surface area contributed by atoms with E-state index in [1.54, 1.807) is 0 Å². The van der Waals surface area contributed by atoms with Crippen LogP contribution in [0.1, 0.15) is 40.0 Å². The van der Waals surface area contributed by atoms with E-state index >= 15 is 0 Å².